The predicted octanol–water partition coefficient (Wildman–Crippen LogP) is 1.86. The Hall–Kier alpha value is -1.28. The molecule has 0 bridgehead atoms. The first-order valence-corrected chi connectivity index (χ1v) is 5.57. The average molecular weight is 272 g/mol. The predicted molar refractivity (Wildman–Crippen MR) is 69.3 cm³/mol. The van der Waals surface area contributed by atoms with Crippen LogP contribution in [0.15, 0.2) is 6.07 Å². The van der Waals surface area contributed by atoms with Crippen LogP contribution in [0.25, 0.3) is 0 Å². The lowest BCUT2D eigenvalue weighted by Crippen LogP contribution is -2.28. The van der Waals surface area contributed by atoms with Crippen molar-refractivity contribution in [2.45, 2.75) is 6.92 Å². The topological polar surface area (TPSA) is 54.0 Å². The van der Waals surface area contributed by atoms with Crippen LogP contribution in [0.2, 0.25) is 10.3 Å². The normalized spacial score (nSPS) is 9.76. The number of amides is 1. The number of anilines is 1. The summed E-state index contributed by atoms with van der Waals surface area (Å²) in [5.74, 6) is 2.13. The van der Waals surface area contributed by atoms with Crippen molar-refractivity contribution < 1.29 is 4.79 Å². The van der Waals surface area contributed by atoms with Crippen molar-refractivity contribution in [1.82, 2.24) is 10.3 Å². The second kappa shape index (κ2) is 6.45. The van der Waals surface area contributed by atoms with Gasteiger partial charge in [0.15, 0.2) is 5.15 Å². The number of nitrogens with zero attached hydrogens (tertiary/aromatic N) is 1. The van der Waals surface area contributed by atoms with E-state index in [1.807, 2.05) is 0 Å². The van der Waals surface area contributed by atoms with Crippen LogP contribution in [0, 0.1) is 19.3 Å². The molecule has 1 aromatic heterocycles. The van der Waals surface area contributed by atoms with E-state index in [0.717, 1.165) is 5.56 Å². The molecule has 0 fully saturated rings. The minimum Gasteiger partial charge on any atom is -0.322 e. The maximum absolute atomic E-state index is 11.5. The number of carbonyl (C=O) groups is 1. The molecule has 1 heterocycles. The second-order valence-corrected chi connectivity index (χ2v) is 4.03. The molecule has 4 nitrogen and oxygen atoms in total. The zero-order valence-corrected chi connectivity index (χ0v) is 10.7. The molecule has 0 aliphatic carbocycles. The first-order valence-electron chi connectivity index (χ1n) is 4.81. The van der Waals surface area contributed by atoms with E-state index >= 15 is 0 Å². The lowest BCUT2D eigenvalue weighted by molar-refractivity contribution is -0.115. The Morgan fingerprint density at radius 1 is 1.59 bits per heavy atom. The standard InChI is InChI=1S/C11H11Cl2N3O/c1-3-4-14-6-9(17)16-10-7(2)5-8(12)15-11(10)13/h1,5,14H,4,6H2,2H3,(H,16,17). The monoisotopic (exact) mass is 271 g/mol. The quantitative estimate of drug-likeness (QED) is 0.499. The number of nitrogens with one attached hydrogen (secondary N) is 2. The SMILES string of the molecule is C#CCNCC(=O)Nc1c(C)cc(Cl)nc1Cl. The third kappa shape index (κ3) is 4.23. The summed E-state index contributed by atoms with van der Waals surface area (Å²) >= 11 is 11.6. The number of hydrogen-bond donors (Lipinski definition) is 2. The minimum absolute atomic E-state index is 0.114. The molecular formula is C11H11Cl2N3O. The number of carbonyl (C=O) groups excluding carboxylic acids is 1. The molecule has 2 N–H and O–H groups in total. The maximum Gasteiger partial charge on any atom is 0.238 e. The summed E-state index contributed by atoms with van der Waals surface area (Å²) in [6.07, 6.45) is 5.04. The first kappa shape index (κ1) is 13.8. The van der Waals surface area contributed by atoms with Gasteiger partial charge >= 0.3 is 0 Å². The fourth-order valence-corrected chi connectivity index (χ4v) is 1.76. The largest absolute Gasteiger partial charge is 0.322 e. The van der Waals surface area contributed by atoms with Gasteiger partial charge in [0.1, 0.15) is 5.15 Å². The van der Waals surface area contributed by atoms with E-state index < -0.39 is 0 Å². The van der Waals surface area contributed by atoms with Crippen molar-refractivity contribution in [1.29, 1.82) is 0 Å². The number of hydrogen-bond acceptors (Lipinski definition) is 3. The minimum atomic E-state index is -0.241. The Balaban J connectivity index is 2.69. The molecule has 17 heavy (non-hydrogen) atoms. The fraction of sp³-hybridized carbons (Fsp3) is 0.273. The molecule has 6 heteroatoms. The summed E-state index contributed by atoms with van der Waals surface area (Å²) in [6, 6.07) is 1.62. The number of aromatic nitrogens is 1. The van der Waals surface area contributed by atoms with Gasteiger partial charge < -0.3 is 5.32 Å². The highest BCUT2D eigenvalue weighted by atomic mass is 35.5. The summed E-state index contributed by atoms with van der Waals surface area (Å²) in [5.41, 5.74) is 1.21. The number of pyridine rings is 1. The van der Waals surface area contributed by atoms with Crippen molar-refractivity contribution in [3.8, 4) is 12.3 Å². The van der Waals surface area contributed by atoms with Gasteiger partial charge in [-0.25, -0.2) is 4.98 Å². The summed E-state index contributed by atoms with van der Waals surface area (Å²) in [6.45, 7) is 2.23. The van der Waals surface area contributed by atoms with Crippen molar-refractivity contribution >= 4 is 34.8 Å². The molecule has 90 valence electrons. The maximum atomic E-state index is 11.5. The van der Waals surface area contributed by atoms with Crippen LogP contribution in [-0.2, 0) is 4.79 Å². The number of aryl methyl sites for hydroxylation is 1. The summed E-state index contributed by atoms with van der Waals surface area (Å²) in [4.78, 5) is 15.4. The van der Waals surface area contributed by atoms with Crippen LogP contribution in [0.1, 0.15) is 5.56 Å². The lowest BCUT2D eigenvalue weighted by atomic mass is 10.2. The molecule has 0 aliphatic rings. The summed E-state index contributed by atoms with van der Waals surface area (Å²) in [5, 5.41) is 5.86. The van der Waals surface area contributed by atoms with Gasteiger partial charge in [-0.2, -0.15) is 0 Å². The Bertz CT molecular complexity index is 445. The molecular weight excluding hydrogens is 261 g/mol. The van der Waals surface area contributed by atoms with Crippen molar-refractivity contribution in [3.63, 3.8) is 0 Å². The zero-order chi connectivity index (χ0) is 12.8. The molecule has 0 aliphatic heterocycles. The van der Waals surface area contributed by atoms with Crippen LogP contribution in [-0.4, -0.2) is 24.0 Å². The number of terminal acetylenes is 1. The van der Waals surface area contributed by atoms with Crippen molar-refractivity contribution in [3.05, 3.63) is 21.9 Å². The van der Waals surface area contributed by atoms with Gasteiger partial charge in [0.25, 0.3) is 0 Å². The van der Waals surface area contributed by atoms with Gasteiger partial charge in [-0.3, -0.25) is 10.1 Å². The van der Waals surface area contributed by atoms with Crippen LogP contribution >= 0.6 is 23.2 Å². The van der Waals surface area contributed by atoms with Gasteiger partial charge in [-0.1, -0.05) is 29.1 Å². The van der Waals surface area contributed by atoms with Gasteiger partial charge in [-0.15, -0.1) is 6.42 Å². The van der Waals surface area contributed by atoms with Crippen LogP contribution < -0.4 is 10.6 Å². The Labute approximate surface area is 110 Å². The second-order valence-electron chi connectivity index (χ2n) is 3.28. The molecule has 1 amide bonds. The Kier molecular flexibility index (Phi) is 5.23. The lowest BCUT2D eigenvalue weighted by Gasteiger charge is -2.10. The van der Waals surface area contributed by atoms with E-state index in [-0.39, 0.29) is 22.8 Å². The van der Waals surface area contributed by atoms with E-state index in [4.69, 9.17) is 29.6 Å². The van der Waals surface area contributed by atoms with E-state index in [2.05, 4.69) is 21.5 Å². The van der Waals surface area contributed by atoms with E-state index in [1.165, 1.54) is 0 Å². The van der Waals surface area contributed by atoms with E-state index in [1.54, 1.807) is 13.0 Å². The van der Waals surface area contributed by atoms with E-state index in [0.29, 0.717) is 12.2 Å². The highest BCUT2D eigenvalue weighted by Crippen LogP contribution is 2.26. The molecule has 0 saturated heterocycles. The third-order valence-electron chi connectivity index (χ3n) is 1.92. The molecule has 1 rings (SSSR count). The molecule has 0 aromatic carbocycles. The molecule has 0 spiro atoms. The highest BCUT2D eigenvalue weighted by molar-refractivity contribution is 6.34. The Morgan fingerprint density at radius 2 is 2.29 bits per heavy atom. The first-order chi connectivity index (χ1) is 8.04. The molecule has 0 saturated carbocycles. The van der Waals surface area contributed by atoms with Gasteiger partial charge in [-0.05, 0) is 18.6 Å². The molecule has 0 unspecified atom stereocenters. The summed E-state index contributed by atoms with van der Waals surface area (Å²) < 4.78 is 0. The molecule has 0 atom stereocenters. The van der Waals surface area contributed by atoms with Crippen LogP contribution in [0.3, 0.4) is 0 Å². The van der Waals surface area contributed by atoms with E-state index in [9.17, 15) is 4.79 Å². The van der Waals surface area contributed by atoms with Crippen molar-refractivity contribution in [2.75, 3.05) is 18.4 Å². The fourth-order valence-electron chi connectivity index (χ4n) is 1.18. The van der Waals surface area contributed by atoms with Crippen LogP contribution in [0.5, 0.6) is 0 Å². The van der Waals surface area contributed by atoms with Crippen LogP contribution in [0.4, 0.5) is 5.69 Å². The molecule has 1 aromatic rings. The summed E-state index contributed by atoms with van der Waals surface area (Å²) in [7, 11) is 0. The zero-order valence-electron chi connectivity index (χ0n) is 9.18. The third-order valence-corrected chi connectivity index (χ3v) is 2.39. The van der Waals surface area contributed by atoms with Crippen molar-refractivity contribution in [2.24, 2.45) is 0 Å². The van der Waals surface area contributed by atoms with Gasteiger partial charge in [0.2, 0.25) is 5.91 Å². The Morgan fingerprint density at radius 3 is 2.88 bits per heavy atom. The van der Waals surface area contributed by atoms with Gasteiger partial charge in [0.05, 0.1) is 18.8 Å². The highest BCUT2D eigenvalue weighted by Gasteiger charge is 2.10. The number of rotatable bonds is 4. The van der Waals surface area contributed by atoms with Gasteiger partial charge in [0, 0.05) is 0 Å². The average Bonchev–Trinajstić information content (AvgIpc) is 2.24. The number of halogens is 2. The smallest absolute Gasteiger partial charge is 0.238 e. The molecule has 0 radical (unpaired) electrons.